The number of ether oxygens (including phenoxy) is 2. The molecule has 6 heteroatoms. The van der Waals surface area contributed by atoms with Gasteiger partial charge in [-0.1, -0.05) is 0 Å². The van der Waals surface area contributed by atoms with Gasteiger partial charge in [-0.15, -0.1) is 11.3 Å². The highest BCUT2D eigenvalue weighted by atomic mass is 32.1. The number of hydrogen-bond donors (Lipinski definition) is 1. The summed E-state index contributed by atoms with van der Waals surface area (Å²) in [7, 11) is 1.60. The Morgan fingerprint density at radius 1 is 1.30 bits per heavy atom. The SMILES string of the molecule is COc1ccc(OCC(=O)NCc2csc(C)n2)cc1. The van der Waals surface area contributed by atoms with Crippen molar-refractivity contribution in [3.8, 4) is 11.5 Å². The van der Waals surface area contributed by atoms with Gasteiger partial charge < -0.3 is 14.8 Å². The molecule has 1 aromatic heterocycles. The first-order valence-electron chi connectivity index (χ1n) is 6.12. The Bertz CT molecular complexity index is 566. The number of carbonyl (C=O) groups is 1. The molecule has 5 nitrogen and oxygen atoms in total. The van der Waals surface area contributed by atoms with Gasteiger partial charge in [0.15, 0.2) is 6.61 Å². The van der Waals surface area contributed by atoms with E-state index in [1.165, 1.54) is 0 Å². The molecule has 0 aliphatic rings. The third-order valence-electron chi connectivity index (χ3n) is 2.56. The summed E-state index contributed by atoms with van der Waals surface area (Å²) >= 11 is 1.56. The maximum Gasteiger partial charge on any atom is 0.258 e. The van der Waals surface area contributed by atoms with Crippen LogP contribution in [-0.4, -0.2) is 24.6 Å². The van der Waals surface area contributed by atoms with Gasteiger partial charge >= 0.3 is 0 Å². The fraction of sp³-hybridized carbons (Fsp3) is 0.286. The molecule has 0 atom stereocenters. The number of benzene rings is 1. The number of nitrogens with one attached hydrogen (secondary N) is 1. The normalized spacial score (nSPS) is 10.1. The fourth-order valence-electron chi connectivity index (χ4n) is 1.55. The lowest BCUT2D eigenvalue weighted by Gasteiger charge is -2.07. The monoisotopic (exact) mass is 292 g/mol. The molecule has 106 valence electrons. The Kier molecular flexibility index (Phi) is 4.95. The molecule has 0 spiro atoms. The van der Waals surface area contributed by atoms with Gasteiger partial charge in [0, 0.05) is 5.38 Å². The number of thiazole rings is 1. The molecule has 1 aromatic carbocycles. The molecule has 0 saturated carbocycles. The van der Waals surface area contributed by atoms with E-state index >= 15 is 0 Å². The third-order valence-corrected chi connectivity index (χ3v) is 3.38. The van der Waals surface area contributed by atoms with Crippen molar-refractivity contribution in [1.29, 1.82) is 0 Å². The summed E-state index contributed by atoms with van der Waals surface area (Å²) in [4.78, 5) is 15.9. The zero-order valence-electron chi connectivity index (χ0n) is 11.4. The van der Waals surface area contributed by atoms with Crippen LogP contribution in [0.5, 0.6) is 11.5 Å². The maximum atomic E-state index is 11.6. The molecule has 0 unspecified atom stereocenters. The first-order valence-corrected chi connectivity index (χ1v) is 7.00. The van der Waals surface area contributed by atoms with Crippen LogP contribution in [0, 0.1) is 6.92 Å². The van der Waals surface area contributed by atoms with Crippen LogP contribution in [0.3, 0.4) is 0 Å². The molecule has 0 aliphatic carbocycles. The van der Waals surface area contributed by atoms with Crippen molar-refractivity contribution < 1.29 is 14.3 Å². The van der Waals surface area contributed by atoms with Crippen molar-refractivity contribution in [1.82, 2.24) is 10.3 Å². The van der Waals surface area contributed by atoms with Crippen molar-refractivity contribution in [3.05, 3.63) is 40.3 Å². The molecule has 0 aliphatic heterocycles. The molecule has 1 heterocycles. The smallest absolute Gasteiger partial charge is 0.258 e. The third kappa shape index (κ3) is 4.24. The molecule has 0 saturated heterocycles. The Labute approximate surface area is 121 Å². The Hall–Kier alpha value is -2.08. The summed E-state index contributed by atoms with van der Waals surface area (Å²) in [5, 5.41) is 5.68. The minimum absolute atomic E-state index is 0.0184. The number of carbonyl (C=O) groups excluding carboxylic acids is 1. The van der Waals surface area contributed by atoms with Crippen LogP contribution >= 0.6 is 11.3 Å². The van der Waals surface area contributed by atoms with E-state index in [1.54, 1.807) is 42.7 Å². The van der Waals surface area contributed by atoms with Gasteiger partial charge in [0.1, 0.15) is 11.5 Å². The topological polar surface area (TPSA) is 60.5 Å². The van der Waals surface area contributed by atoms with Crippen molar-refractivity contribution >= 4 is 17.2 Å². The van der Waals surface area contributed by atoms with Crippen molar-refractivity contribution in [2.75, 3.05) is 13.7 Å². The van der Waals surface area contributed by atoms with E-state index in [-0.39, 0.29) is 12.5 Å². The largest absolute Gasteiger partial charge is 0.497 e. The molecular weight excluding hydrogens is 276 g/mol. The highest BCUT2D eigenvalue weighted by molar-refractivity contribution is 7.09. The lowest BCUT2D eigenvalue weighted by molar-refractivity contribution is -0.123. The highest BCUT2D eigenvalue weighted by Gasteiger charge is 2.04. The Morgan fingerprint density at radius 3 is 2.60 bits per heavy atom. The molecule has 2 aromatic rings. The van der Waals surface area contributed by atoms with Gasteiger partial charge in [-0.05, 0) is 31.2 Å². The number of rotatable bonds is 6. The quantitative estimate of drug-likeness (QED) is 0.886. The van der Waals surface area contributed by atoms with E-state index in [0.29, 0.717) is 12.3 Å². The van der Waals surface area contributed by atoms with E-state index in [4.69, 9.17) is 9.47 Å². The number of methoxy groups -OCH3 is 1. The van der Waals surface area contributed by atoms with Crippen LogP contribution in [0.2, 0.25) is 0 Å². The van der Waals surface area contributed by atoms with E-state index in [0.717, 1.165) is 16.5 Å². The maximum absolute atomic E-state index is 11.6. The zero-order valence-corrected chi connectivity index (χ0v) is 12.2. The summed E-state index contributed by atoms with van der Waals surface area (Å²) in [6.07, 6.45) is 0. The van der Waals surface area contributed by atoms with Crippen molar-refractivity contribution in [2.24, 2.45) is 0 Å². The second-order valence-electron chi connectivity index (χ2n) is 4.10. The average Bonchev–Trinajstić information content (AvgIpc) is 2.89. The Balaban J connectivity index is 1.74. The Morgan fingerprint density at radius 2 is 2.00 bits per heavy atom. The van der Waals surface area contributed by atoms with Gasteiger partial charge in [0.05, 0.1) is 24.4 Å². The summed E-state index contributed by atoms with van der Waals surface area (Å²) in [5.41, 5.74) is 0.866. The van der Waals surface area contributed by atoms with Gasteiger partial charge in [-0.25, -0.2) is 4.98 Å². The van der Waals surface area contributed by atoms with Crippen LogP contribution in [-0.2, 0) is 11.3 Å². The molecule has 2 rings (SSSR count). The number of amides is 1. The second-order valence-corrected chi connectivity index (χ2v) is 5.16. The minimum Gasteiger partial charge on any atom is -0.497 e. The van der Waals surface area contributed by atoms with E-state index in [9.17, 15) is 4.79 Å². The zero-order chi connectivity index (χ0) is 14.4. The lowest BCUT2D eigenvalue weighted by atomic mass is 10.3. The van der Waals surface area contributed by atoms with Gasteiger partial charge in [0.2, 0.25) is 0 Å². The van der Waals surface area contributed by atoms with Crippen LogP contribution in [0.15, 0.2) is 29.6 Å². The predicted molar refractivity (Wildman–Crippen MR) is 77.2 cm³/mol. The molecular formula is C14H16N2O3S. The van der Waals surface area contributed by atoms with Crippen LogP contribution < -0.4 is 14.8 Å². The van der Waals surface area contributed by atoms with Crippen LogP contribution in [0.1, 0.15) is 10.7 Å². The van der Waals surface area contributed by atoms with Gasteiger partial charge in [-0.2, -0.15) is 0 Å². The summed E-state index contributed by atoms with van der Waals surface area (Å²) in [5.74, 6) is 1.21. The first kappa shape index (κ1) is 14.3. The number of hydrogen-bond acceptors (Lipinski definition) is 5. The predicted octanol–water partition coefficient (Wildman–Crippen LogP) is 2.16. The summed E-state index contributed by atoms with van der Waals surface area (Å²) < 4.78 is 10.4. The van der Waals surface area contributed by atoms with Gasteiger partial charge in [-0.3, -0.25) is 4.79 Å². The number of aromatic nitrogens is 1. The minimum atomic E-state index is -0.175. The number of nitrogens with zero attached hydrogens (tertiary/aromatic N) is 1. The molecule has 1 N–H and O–H groups in total. The summed E-state index contributed by atoms with van der Waals surface area (Å²) in [6.45, 7) is 2.34. The fourth-order valence-corrected chi connectivity index (χ4v) is 2.16. The average molecular weight is 292 g/mol. The molecule has 1 amide bonds. The van der Waals surface area contributed by atoms with Crippen LogP contribution in [0.25, 0.3) is 0 Å². The van der Waals surface area contributed by atoms with E-state index in [1.807, 2.05) is 12.3 Å². The lowest BCUT2D eigenvalue weighted by Crippen LogP contribution is -2.28. The molecule has 0 bridgehead atoms. The molecule has 0 radical (unpaired) electrons. The molecule has 20 heavy (non-hydrogen) atoms. The van der Waals surface area contributed by atoms with Crippen LogP contribution in [0.4, 0.5) is 0 Å². The van der Waals surface area contributed by atoms with E-state index in [2.05, 4.69) is 10.3 Å². The first-order chi connectivity index (χ1) is 9.67. The number of aryl methyl sites for hydroxylation is 1. The van der Waals surface area contributed by atoms with Gasteiger partial charge in [0.25, 0.3) is 5.91 Å². The van der Waals surface area contributed by atoms with Crippen molar-refractivity contribution in [3.63, 3.8) is 0 Å². The molecule has 0 fully saturated rings. The van der Waals surface area contributed by atoms with E-state index < -0.39 is 0 Å². The standard InChI is InChI=1S/C14H16N2O3S/c1-10-16-11(9-20-10)7-15-14(17)8-19-13-5-3-12(18-2)4-6-13/h3-6,9H,7-8H2,1-2H3,(H,15,17). The second kappa shape index (κ2) is 6.91. The summed E-state index contributed by atoms with van der Waals surface area (Å²) in [6, 6.07) is 7.09. The highest BCUT2D eigenvalue weighted by Crippen LogP contribution is 2.16. The van der Waals surface area contributed by atoms with Crippen molar-refractivity contribution in [2.45, 2.75) is 13.5 Å².